The highest BCUT2D eigenvalue weighted by Gasteiger charge is 2.45. The minimum absolute atomic E-state index is 0.0960. The number of nitrogens with zero attached hydrogens (tertiary/aromatic N) is 1. The van der Waals surface area contributed by atoms with E-state index in [1.165, 1.54) is 4.31 Å². The van der Waals surface area contributed by atoms with Crippen LogP contribution in [0.4, 0.5) is 0 Å². The molecular formula is C27H32N2O4S2. The van der Waals surface area contributed by atoms with Crippen molar-refractivity contribution >= 4 is 19.9 Å². The number of hydrogen-bond acceptors (Lipinski definition) is 5. The van der Waals surface area contributed by atoms with Crippen LogP contribution in [0.3, 0.4) is 0 Å². The zero-order valence-electron chi connectivity index (χ0n) is 20.0. The minimum Gasteiger partial charge on any atom is -0.307 e. The van der Waals surface area contributed by atoms with Gasteiger partial charge in [-0.2, -0.15) is 4.31 Å². The molecule has 0 aliphatic carbocycles. The Kier molecular flexibility index (Phi) is 7.76. The van der Waals surface area contributed by atoms with Crippen LogP contribution in [0.1, 0.15) is 36.5 Å². The molecule has 0 amide bonds. The zero-order valence-corrected chi connectivity index (χ0v) is 21.7. The highest BCUT2D eigenvalue weighted by Crippen LogP contribution is 2.29. The average Bonchev–Trinajstić information content (AvgIpc) is 3.16. The van der Waals surface area contributed by atoms with Gasteiger partial charge in [-0.15, -0.1) is 0 Å². The average molecular weight is 513 g/mol. The van der Waals surface area contributed by atoms with E-state index in [9.17, 15) is 16.8 Å². The van der Waals surface area contributed by atoms with Gasteiger partial charge in [-0.05, 0) is 34.7 Å². The maximum Gasteiger partial charge on any atom is 0.243 e. The molecule has 0 aromatic heterocycles. The van der Waals surface area contributed by atoms with Gasteiger partial charge >= 0.3 is 0 Å². The first-order valence-corrected chi connectivity index (χ1v) is 15.1. The van der Waals surface area contributed by atoms with Crippen molar-refractivity contribution in [1.29, 1.82) is 0 Å². The van der Waals surface area contributed by atoms with Crippen molar-refractivity contribution in [3.63, 3.8) is 0 Å². The molecular weight excluding hydrogens is 480 g/mol. The highest BCUT2D eigenvalue weighted by atomic mass is 32.2. The Labute approximate surface area is 209 Å². The van der Waals surface area contributed by atoms with Crippen LogP contribution in [0.15, 0.2) is 89.8 Å². The molecule has 1 N–H and O–H groups in total. The quantitative estimate of drug-likeness (QED) is 0.469. The topological polar surface area (TPSA) is 83.6 Å². The Morgan fingerprint density at radius 2 is 1.43 bits per heavy atom. The minimum atomic E-state index is -3.96. The molecule has 0 spiro atoms. The zero-order chi connectivity index (χ0) is 25.1. The standard InChI is InChI=1S/C27H32N2O4S2/c1-21(2)24-13-15-25(16-14-24)35(32,33)29(18-23-11-7-4-8-12-23)27-20-34(30,31)19-26(27)28-17-22-9-5-3-6-10-22/h3-16,21,26-28H,17-20H2,1-2H3/t26-,27-/m0/s1. The fourth-order valence-corrected chi connectivity index (χ4v) is 8.15. The van der Waals surface area contributed by atoms with Crippen molar-refractivity contribution in [1.82, 2.24) is 9.62 Å². The first kappa shape index (κ1) is 25.6. The molecule has 6 nitrogen and oxygen atoms in total. The van der Waals surface area contributed by atoms with Gasteiger partial charge in [0.2, 0.25) is 10.0 Å². The molecule has 186 valence electrons. The van der Waals surface area contributed by atoms with E-state index >= 15 is 0 Å². The summed E-state index contributed by atoms with van der Waals surface area (Å²) in [6.07, 6.45) is 0. The van der Waals surface area contributed by atoms with E-state index in [0.717, 1.165) is 16.7 Å². The van der Waals surface area contributed by atoms with E-state index in [2.05, 4.69) is 19.2 Å². The number of rotatable bonds is 9. The Morgan fingerprint density at radius 1 is 0.857 bits per heavy atom. The van der Waals surface area contributed by atoms with Gasteiger partial charge in [0.25, 0.3) is 0 Å². The SMILES string of the molecule is CC(C)c1ccc(S(=O)(=O)N(Cc2ccccc2)[C@H]2CS(=O)(=O)C[C@@H]2NCc2ccccc2)cc1. The summed E-state index contributed by atoms with van der Waals surface area (Å²) in [6, 6.07) is 24.7. The summed E-state index contributed by atoms with van der Waals surface area (Å²) in [6.45, 7) is 4.66. The fraction of sp³-hybridized carbons (Fsp3) is 0.333. The molecule has 3 aromatic carbocycles. The van der Waals surface area contributed by atoms with Crippen LogP contribution in [0, 0.1) is 0 Å². The lowest BCUT2D eigenvalue weighted by Gasteiger charge is -2.32. The largest absolute Gasteiger partial charge is 0.307 e. The molecule has 2 atom stereocenters. The molecule has 1 fully saturated rings. The molecule has 8 heteroatoms. The predicted molar refractivity (Wildman–Crippen MR) is 139 cm³/mol. The summed E-state index contributed by atoms with van der Waals surface area (Å²) in [5.74, 6) is -0.0357. The Morgan fingerprint density at radius 3 is 2.00 bits per heavy atom. The third-order valence-electron chi connectivity index (χ3n) is 6.44. The number of nitrogens with one attached hydrogen (secondary N) is 1. The molecule has 0 radical (unpaired) electrons. The van der Waals surface area contributed by atoms with E-state index in [1.54, 1.807) is 12.1 Å². The fourth-order valence-electron chi connectivity index (χ4n) is 4.46. The lowest BCUT2D eigenvalue weighted by molar-refractivity contribution is 0.286. The van der Waals surface area contributed by atoms with Crippen LogP contribution in [0.2, 0.25) is 0 Å². The summed E-state index contributed by atoms with van der Waals surface area (Å²) in [5.41, 5.74) is 2.86. The first-order chi connectivity index (χ1) is 16.7. The smallest absolute Gasteiger partial charge is 0.243 e. The Bertz CT molecular complexity index is 1320. The van der Waals surface area contributed by atoms with Crippen LogP contribution in [-0.4, -0.2) is 44.7 Å². The summed E-state index contributed by atoms with van der Waals surface area (Å²) >= 11 is 0. The van der Waals surface area contributed by atoms with Gasteiger partial charge in [0.15, 0.2) is 9.84 Å². The molecule has 4 rings (SSSR count). The van der Waals surface area contributed by atoms with E-state index < -0.39 is 31.9 Å². The highest BCUT2D eigenvalue weighted by molar-refractivity contribution is 7.92. The van der Waals surface area contributed by atoms with Gasteiger partial charge in [0, 0.05) is 19.1 Å². The van der Waals surface area contributed by atoms with Crippen molar-refractivity contribution in [3.8, 4) is 0 Å². The molecule has 35 heavy (non-hydrogen) atoms. The van der Waals surface area contributed by atoms with Gasteiger partial charge < -0.3 is 5.32 Å². The van der Waals surface area contributed by atoms with Crippen molar-refractivity contribution in [2.24, 2.45) is 0 Å². The number of benzene rings is 3. The second-order valence-electron chi connectivity index (χ2n) is 9.38. The maximum absolute atomic E-state index is 13.9. The third-order valence-corrected chi connectivity index (χ3v) is 10.0. The summed E-state index contributed by atoms with van der Waals surface area (Å²) in [7, 11) is -7.38. The Hall–Kier alpha value is -2.52. The van der Waals surface area contributed by atoms with E-state index in [-0.39, 0.29) is 28.9 Å². The van der Waals surface area contributed by atoms with Crippen molar-refractivity contribution in [2.75, 3.05) is 11.5 Å². The van der Waals surface area contributed by atoms with Gasteiger partial charge in [-0.1, -0.05) is 86.6 Å². The monoisotopic (exact) mass is 512 g/mol. The van der Waals surface area contributed by atoms with Crippen molar-refractivity contribution in [3.05, 3.63) is 102 Å². The molecule has 0 saturated carbocycles. The van der Waals surface area contributed by atoms with Gasteiger partial charge in [-0.3, -0.25) is 0 Å². The molecule has 1 heterocycles. The van der Waals surface area contributed by atoms with Crippen LogP contribution >= 0.6 is 0 Å². The van der Waals surface area contributed by atoms with Gasteiger partial charge in [0.1, 0.15) is 0 Å². The summed E-state index contributed by atoms with van der Waals surface area (Å²) in [4.78, 5) is 0.170. The predicted octanol–water partition coefficient (Wildman–Crippen LogP) is 3.96. The number of sulfonamides is 1. The molecule has 0 bridgehead atoms. The lowest BCUT2D eigenvalue weighted by atomic mass is 10.0. The first-order valence-electron chi connectivity index (χ1n) is 11.8. The molecule has 1 saturated heterocycles. The molecule has 1 aliphatic rings. The summed E-state index contributed by atoms with van der Waals surface area (Å²) < 4.78 is 54.7. The van der Waals surface area contributed by atoms with Crippen LogP contribution in [0.5, 0.6) is 0 Å². The van der Waals surface area contributed by atoms with E-state index in [1.807, 2.05) is 72.8 Å². The van der Waals surface area contributed by atoms with Crippen LogP contribution < -0.4 is 5.32 Å². The molecule has 0 unspecified atom stereocenters. The van der Waals surface area contributed by atoms with Gasteiger partial charge in [0.05, 0.1) is 22.4 Å². The number of hydrogen-bond donors (Lipinski definition) is 1. The second-order valence-corrected chi connectivity index (χ2v) is 13.4. The third kappa shape index (κ3) is 6.19. The van der Waals surface area contributed by atoms with Crippen LogP contribution in [-0.2, 0) is 33.0 Å². The molecule has 1 aliphatic heterocycles. The van der Waals surface area contributed by atoms with Crippen molar-refractivity contribution < 1.29 is 16.8 Å². The molecule has 3 aromatic rings. The Balaban J connectivity index is 1.69. The normalized spacial score (nSPS) is 19.9. The van der Waals surface area contributed by atoms with E-state index in [0.29, 0.717) is 6.54 Å². The van der Waals surface area contributed by atoms with E-state index in [4.69, 9.17) is 0 Å². The van der Waals surface area contributed by atoms with Gasteiger partial charge in [-0.25, -0.2) is 16.8 Å². The lowest BCUT2D eigenvalue weighted by Crippen LogP contribution is -2.51. The second kappa shape index (κ2) is 10.6. The maximum atomic E-state index is 13.9. The van der Waals surface area contributed by atoms with Crippen LogP contribution in [0.25, 0.3) is 0 Å². The van der Waals surface area contributed by atoms with Crippen molar-refractivity contribution in [2.45, 2.75) is 49.8 Å². The summed E-state index contributed by atoms with van der Waals surface area (Å²) in [5, 5.41) is 3.33. The number of sulfone groups is 1.